The van der Waals surface area contributed by atoms with Gasteiger partial charge in [0.25, 0.3) is 0 Å². The number of ether oxygens (including phenoxy) is 5. The third kappa shape index (κ3) is 8.18. The number of aliphatic hydroxyl groups is 1. The topological polar surface area (TPSA) is 149 Å². The molecule has 0 unspecified atom stereocenters. The summed E-state index contributed by atoms with van der Waals surface area (Å²) in [5.41, 5.74) is 4.42. The van der Waals surface area contributed by atoms with Gasteiger partial charge in [-0.2, -0.15) is 5.10 Å². The number of esters is 1. The first-order valence-electron chi connectivity index (χ1n) is 12.4. The number of urea groups is 1. The number of hydrogen-bond acceptors (Lipinski definition) is 10. The van der Waals surface area contributed by atoms with Crippen LogP contribution in [0.2, 0.25) is 0 Å². The Labute approximate surface area is 251 Å². The molecule has 218 valence electrons. The first kappa shape index (κ1) is 31.4. The molecule has 12 nitrogen and oxygen atoms in total. The molecule has 3 rings (SSSR count). The fourth-order valence-electron chi connectivity index (χ4n) is 3.92. The first-order chi connectivity index (χ1) is 19.7. The van der Waals surface area contributed by atoms with Crippen molar-refractivity contribution in [3.63, 3.8) is 0 Å². The van der Waals surface area contributed by atoms with Gasteiger partial charge < -0.3 is 39.4 Å². The van der Waals surface area contributed by atoms with Crippen molar-refractivity contribution in [3.05, 3.63) is 56.3 Å². The van der Waals surface area contributed by atoms with Gasteiger partial charge in [-0.25, -0.2) is 9.59 Å². The summed E-state index contributed by atoms with van der Waals surface area (Å²) in [7, 11) is 2.79. The van der Waals surface area contributed by atoms with Gasteiger partial charge in [-0.3, -0.25) is 5.43 Å². The van der Waals surface area contributed by atoms with Crippen LogP contribution in [0.4, 0.5) is 4.79 Å². The predicted octanol–water partition coefficient (Wildman–Crippen LogP) is 2.83. The number of hydrogen-bond donors (Lipinski definition) is 4. The summed E-state index contributed by atoms with van der Waals surface area (Å²) < 4.78 is 28.3. The predicted molar refractivity (Wildman–Crippen MR) is 159 cm³/mol. The van der Waals surface area contributed by atoms with Crippen LogP contribution in [0.5, 0.6) is 23.0 Å². The van der Waals surface area contributed by atoms with E-state index in [9.17, 15) is 14.7 Å². The van der Waals surface area contributed by atoms with Gasteiger partial charge in [-0.05, 0) is 66.3 Å². The van der Waals surface area contributed by atoms with E-state index in [1.54, 1.807) is 38.1 Å². The second-order valence-corrected chi connectivity index (χ2v) is 9.68. The quantitative estimate of drug-likeness (QED) is 0.0627. The number of carbonyl (C=O) groups is 2. The average Bonchev–Trinajstić information content (AvgIpc) is 2.95. The normalized spacial score (nSPS) is 15.3. The van der Waals surface area contributed by atoms with Crippen LogP contribution < -0.4 is 35.0 Å². The number of nitrogens with one attached hydrogen (secondary N) is 3. The van der Waals surface area contributed by atoms with Crippen LogP contribution in [0.3, 0.4) is 0 Å². The van der Waals surface area contributed by atoms with E-state index in [1.165, 1.54) is 20.4 Å². The number of allylic oxidation sites excluding steroid dienone is 1. The summed E-state index contributed by atoms with van der Waals surface area (Å²) >= 11 is 2.14. The second-order valence-electron chi connectivity index (χ2n) is 8.43. The molecule has 0 bridgehead atoms. The molecule has 13 heteroatoms. The Hall–Kier alpha value is -4.16. The van der Waals surface area contributed by atoms with E-state index in [4.69, 9.17) is 30.1 Å². The molecule has 1 aliphatic rings. The van der Waals surface area contributed by atoms with Crippen LogP contribution >= 0.6 is 22.6 Å². The van der Waals surface area contributed by atoms with Gasteiger partial charge in [0.1, 0.15) is 13.2 Å². The number of aliphatic hydroxyl groups excluding tert-OH is 1. The SMILES string of the molecule is C#CCOc1c(/C=N/N[C@@H](O)COc2ccc([C@H]3NC(=O)NC(C)=C3C(=O)OC)cc2OCC)cc(I)cc1OC. The number of rotatable bonds is 13. The fraction of sp³-hybridized carbons (Fsp3) is 0.321. The zero-order chi connectivity index (χ0) is 29.9. The Bertz CT molecular complexity index is 1370. The van der Waals surface area contributed by atoms with Gasteiger partial charge in [0.2, 0.25) is 0 Å². The molecule has 0 saturated carbocycles. The van der Waals surface area contributed by atoms with E-state index in [0.29, 0.717) is 46.4 Å². The summed E-state index contributed by atoms with van der Waals surface area (Å²) in [5, 5.41) is 19.8. The summed E-state index contributed by atoms with van der Waals surface area (Å²) in [6.45, 7) is 3.62. The average molecular weight is 678 g/mol. The lowest BCUT2D eigenvalue weighted by Crippen LogP contribution is -2.45. The highest BCUT2D eigenvalue weighted by Gasteiger charge is 2.32. The van der Waals surface area contributed by atoms with Crippen LogP contribution in [-0.2, 0) is 9.53 Å². The molecule has 0 spiro atoms. The van der Waals surface area contributed by atoms with Crippen molar-refractivity contribution >= 4 is 40.8 Å². The molecule has 1 aliphatic heterocycles. The second kappa shape index (κ2) is 15.0. The molecule has 0 aliphatic carbocycles. The first-order valence-corrected chi connectivity index (χ1v) is 13.5. The third-order valence-electron chi connectivity index (χ3n) is 5.67. The molecular formula is C28H31IN4O8. The Morgan fingerprint density at radius 1 is 1.22 bits per heavy atom. The van der Waals surface area contributed by atoms with Gasteiger partial charge in [0.15, 0.2) is 29.2 Å². The van der Waals surface area contributed by atoms with E-state index in [-0.39, 0.29) is 18.8 Å². The van der Waals surface area contributed by atoms with E-state index in [1.807, 2.05) is 6.07 Å². The largest absolute Gasteiger partial charge is 0.493 e. The summed E-state index contributed by atoms with van der Waals surface area (Å²) in [5.74, 6) is 3.46. The third-order valence-corrected chi connectivity index (χ3v) is 6.29. The number of methoxy groups -OCH3 is 2. The Morgan fingerprint density at radius 3 is 2.68 bits per heavy atom. The summed E-state index contributed by atoms with van der Waals surface area (Å²) in [6.07, 6.45) is 5.61. The van der Waals surface area contributed by atoms with E-state index < -0.39 is 24.3 Å². The van der Waals surface area contributed by atoms with Gasteiger partial charge in [-0.15, -0.1) is 6.42 Å². The monoisotopic (exact) mass is 678 g/mol. The fourth-order valence-corrected chi connectivity index (χ4v) is 4.54. The lowest BCUT2D eigenvalue weighted by molar-refractivity contribution is -0.136. The van der Waals surface area contributed by atoms with Crippen molar-refractivity contribution in [1.29, 1.82) is 0 Å². The van der Waals surface area contributed by atoms with Crippen molar-refractivity contribution in [1.82, 2.24) is 16.1 Å². The number of terminal acetylenes is 1. The zero-order valence-electron chi connectivity index (χ0n) is 22.9. The maximum absolute atomic E-state index is 12.4. The summed E-state index contributed by atoms with van der Waals surface area (Å²) in [4.78, 5) is 24.5. The lowest BCUT2D eigenvalue weighted by atomic mass is 9.95. The number of carbonyl (C=O) groups excluding carboxylic acids is 2. The van der Waals surface area contributed by atoms with Gasteiger partial charge >= 0.3 is 12.0 Å². The molecule has 2 atom stereocenters. The van der Waals surface area contributed by atoms with Crippen molar-refractivity contribution in [2.45, 2.75) is 26.1 Å². The molecule has 0 saturated heterocycles. The minimum Gasteiger partial charge on any atom is -0.493 e. The highest BCUT2D eigenvalue weighted by atomic mass is 127. The zero-order valence-corrected chi connectivity index (χ0v) is 25.1. The van der Waals surface area contributed by atoms with Gasteiger partial charge in [-0.1, -0.05) is 12.0 Å². The van der Waals surface area contributed by atoms with E-state index in [0.717, 1.165) is 3.57 Å². The van der Waals surface area contributed by atoms with Crippen LogP contribution in [0, 0.1) is 15.9 Å². The minimum atomic E-state index is -1.18. The number of halogens is 1. The van der Waals surface area contributed by atoms with Crippen molar-refractivity contribution < 1.29 is 38.4 Å². The Balaban J connectivity index is 1.73. The highest BCUT2D eigenvalue weighted by Crippen LogP contribution is 2.35. The maximum atomic E-state index is 12.4. The van der Waals surface area contributed by atoms with Crippen LogP contribution in [0.25, 0.3) is 0 Å². The molecular weight excluding hydrogens is 647 g/mol. The Morgan fingerprint density at radius 2 is 2.00 bits per heavy atom. The van der Waals surface area contributed by atoms with Crippen LogP contribution in [0.15, 0.2) is 46.7 Å². The summed E-state index contributed by atoms with van der Waals surface area (Å²) in [6, 6.07) is 7.38. The standard InChI is InChI=1S/C28H31IN4O8/c1-6-10-40-26-18(11-19(29)13-22(26)37-4)14-30-33-23(34)15-41-20-9-8-17(12-21(20)39-7-2)25-24(27(35)38-5)16(3)31-28(36)32-25/h1,8-9,11-14,23,25,33-34H,7,10,15H2,2-5H3,(H2,31,32,36)/b30-14+/t23-,25+/m0/s1. The lowest BCUT2D eigenvalue weighted by Gasteiger charge is -2.28. The van der Waals surface area contributed by atoms with Gasteiger partial charge in [0, 0.05) is 14.8 Å². The van der Waals surface area contributed by atoms with E-state index >= 15 is 0 Å². The number of hydrazone groups is 1. The van der Waals surface area contributed by atoms with Crippen molar-refractivity contribution in [2.75, 3.05) is 34.0 Å². The molecule has 2 aromatic rings. The molecule has 2 amide bonds. The number of nitrogens with zero attached hydrogens (tertiary/aromatic N) is 1. The highest BCUT2D eigenvalue weighted by molar-refractivity contribution is 14.1. The van der Waals surface area contributed by atoms with Crippen LogP contribution in [-0.4, -0.2) is 63.6 Å². The van der Waals surface area contributed by atoms with E-state index in [2.05, 4.69) is 49.7 Å². The number of benzene rings is 2. The minimum absolute atomic E-state index is 0.0482. The van der Waals surface area contributed by atoms with Gasteiger partial charge in [0.05, 0.1) is 38.7 Å². The maximum Gasteiger partial charge on any atom is 0.337 e. The van der Waals surface area contributed by atoms with Crippen LogP contribution in [0.1, 0.15) is 31.0 Å². The molecule has 2 aromatic carbocycles. The molecule has 0 fully saturated rings. The molecule has 0 radical (unpaired) electrons. The number of amides is 2. The molecule has 0 aromatic heterocycles. The molecule has 4 N–H and O–H groups in total. The molecule has 41 heavy (non-hydrogen) atoms. The molecule has 1 heterocycles. The van der Waals surface area contributed by atoms with Crippen molar-refractivity contribution in [2.24, 2.45) is 5.10 Å². The smallest absolute Gasteiger partial charge is 0.337 e. The van der Waals surface area contributed by atoms with Crippen molar-refractivity contribution in [3.8, 4) is 35.3 Å². The Kier molecular flexibility index (Phi) is 11.5.